The highest BCUT2D eigenvalue weighted by atomic mass is 32.2. The smallest absolute Gasteiger partial charge is 0.150 e. The number of aryl methyl sites for hydroxylation is 2. The van der Waals surface area contributed by atoms with Gasteiger partial charge in [-0.2, -0.15) is 0 Å². The number of rotatable bonds is 4. The predicted molar refractivity (Wildman–Crippen MR) is 122 cm³/mol. The lowest BCUT2D eigenvalue weighted by molar-refractivity contribution is 0.550. The zero-order valence-corrected chi connectivity index (χ0v) is 18.8. The first-order valence-electron chi connectivity index (χ1n) is 10.4. The summed E-state index contributed by atoms with van der Waals surface area (Å²) in [6.45, 7) is 5.39. The molecule has 1 aliphatic heterocycles. The van der Waals surface area contributed by atoms with Crippen molar-refractivity contribution in [3.63, 3.8) is 0 Å². The third-order valence-corrected chi connectivity index (χ3v) is 7.70. The van der Waals surface area contributed by atoms with Gasteiger partial charge in [0.05, 0.1) is 23.1 Å². The quantitative estimate of drug-likeness (QED) is 0.580. The molecule has 0 saturated carbocycles. The summed E-state index contributed by atoms with van der Waals surface area (Å²) in [6, 6.07) is 8.90. The maximum atomic E-state index is 14.7. The second kappa shape index (κ2) is 8.07. The first kappa shape index (κ1) is 21.5. The van der Waals surface area contributed by atoms with Crippen LogP contribution in [0.4, 0.5) is 15.9 Å². The number of sulfone groups is 1. The van der Waals surface area contributed by atoms with Crippen LogP contribution in [-0.4, -0.2) is 29.9 Å². The molecule has 1 fully saturated rings. The van der Waals surface area contributed by atoms with Gasteiger partial charge in [-0.1, -0.05) is 6.07 Å². The van der Waals surface area contributed by atoms with E-state index in [1.807, 2.05) is 32.0 Å². The fraction of sp³-hybridized carbons (Fsp3) is 0.391. The van der Waals surface area contributed by atoms with E-state index in [1.54, 1.807) is 19.1 Å². The number of nitrogens with two attached hydrogens (primary N) is 1. The lowest BCUT2D eigenvalue weighted by Crippen LogP contribution is -2.22. The highest BCUT2D eigenvalue weighted by Gasteiger charge is 2.25. The molecule has 0 aliphatic carbocycles. The molecule has 0 amide bonds. The average molecular weight is 443 g/mol. The molecule has 0 unspecified atom stereocenters. The molecule has 3 aromatic rings. The maximum absolute atomic E-state index is 14.7. The second-order valence-electron chi connectivity index (χ2n) is 8.43. The molecule has 31 heavy (non-hydrogen) atoms. The molecule has 8 heteroatoms. The Kier molecular flexibility index (Phi) is 5.60. The summed E-state index contributed by atoms with van der Waals surface area (Å²) in [5, 5.41) is 4.18. The van der Waals surface area contributed by atoms with Gasteiger partial charge in [0.2, 0.25) is 0 Å². The summed E-state index contributed by atoms with van der Waals surface area (Å²) in [5.74, 6) is 1.58. The van der Waals surface area contributed by atoms with Crippen LogP contribution in [0.2, 0.25) is 0 Å². The van der Waals surface area contributed by atoms with Crippen molar-refractivity contribution in [2.24, 2.45) is 0 Å². The number of nitrogen functional groups attached to an aromatic ring is 1. The number of fused-ring (bicyclic) bond motifs is 1. The van der Waals surface area contributed by atoms with E-state index in [1.165, 1.54) is 0 Å². The minimum Gasteiger partial charge on any atom is -0.399 e. The van der Waals surface area contributed by atoms with Crippen LogP contribution in [0.5, 0.6) is 0 Å². The van der Waals surface area contributed by atoms with Crippen LogP contribution in [0.1, 0.15) is 54.2 Å². The Labute approximate surface area is 182 Å². The van der Waals surface area contributed by atoms with Crippen molar-refractivity contribution in [1.82, 2.24) is 9.97 Å². The number of nitrogens with zero attached hydrogens (tertiary/aromatic N) is 2. The fourth-order valence-electron chi connectivity index (χ4n) is 4.27. The lowest BCUT2D eigenvalue weighted by Gasteiger charge is -2.23. The van der Waals surface area contributed by atoms with Gasteiger partial charge in [0, 0.05) is 16.6 Å². The highest BCUT2D eigenvalue weighted by molar-refractivity contribution is 7.91. The molecule has 4 rings (SSSR count). The SMILES string of the molecule is Cc1nc(N[C@@H](C)c2cc(N)cc(C)c2F)c2cc(C3CCS(=O)(=O)CC3)ccc2n1. The van der Waals surface area contributed by atoms with Crippen molar-refractivity contribution in [3.8, 4) is 0 Å². The summed E-state index contributed by atoms with van der Waals surface area (Å²) in [4.78, 5) is 9.11. The van der Waals surface area contributed by atoms with E-state index in [9.17, 15) is 12.8 Å². The normalized spacial score (nSPS) is 17.5. The van der Waals surface area contributed by atoms with Crippen molar-refractivity contribution >= 4 is 32.2 Å². The Balaban J connectivity index is 1.70. The van der Waals surface area contributed by atoms with E-state index >= 15 is 0 Å². The van der Waals surface area contributed by atoms with Gasteiger partial charge in [-0.25, -0.2) is 22.8 Å². The summed E-state index contributed by atoms with van der Waals surface area (Å²) in [7, 11) is -2.92. The Bertz CT molecular complexity index is 1250. The van der Waals surface area contributed by atoms with Crippen LogP contribution in [-0.2, 0) is 9.84 Å². The molecule has 1 aromatic heterocycles. The molecule has 3 N–H and O–H groups in total. The molecule has 0 radical (unpaired) electrons. The number of hydrogen-bond donors (Lipinski definition) is 2. The van der Waals surface area contributed by atoms with E-state index in [0.717, 1.165) is 16.5 Å². The minimum absolute atomic E-state index is 0.188. The molecule has 6 nitrogen and oxygen atoms in total. The Morgan fingerprint density at radius 1 is 1.13 bits per heavy atom. The second-order valence-corrected chi connectivity index (χ2v) is 10.7. The summed E-state index contributed by atoms with van der Waals surface area (Å²) in [6.07, 6.45) is 1.24. The van der Waals surface area contributed by atoms with Crippen molar-refractivity contribution in [2.75, 3.05) is 22.6 Å². The molecular formula is C23H27FN4O2S. The molecule has 2 heterocycles. The molecule has 0 bridgehead atoms. The molecule has 1 aliphatic rings. The predicted octanol–water partition coefficient (Wildman–Crippen LogP) is 4.43. The van der Waals surface area contributed by atoms with E-state index < -0.39 is 9.84 Å². The van der Waals surface area contributed by atoms with Gasteiger partial charge in [0.15, 0.2) is 0 Å². The summed E-state index contributed by atoms with van der Waals surface area (Å²) in [5.41, 5.74) is 9.30. The third-order valence-electron chi connectivity index (χ3n) is 5.98. The molecular weight excluding hydrogens is 415 g/mol. The molecule has 1 atom stereocenters. The van der Waals surface area contributed by atoms with Crippen LogP contribution in [0, 0.1) is 19.7 Å². The topological polar surface area (TPSA) is 98.0 Å². The van der Waals surface area contributed by atoms with Gasteiger partial charge >= 0.3 is 0 Å². The first-order valence-corrected chi connectivity index (χ1v) is 12.3. The van der Waals surface area contributed by atoms with E-state index in [2.05, 4.69) is 15.3 Å². The summed E-state index contributed by atoms with van der Waals surface area (Å²) < 4.78 is 38.3. The van der Waals surface area contributed by atoms with Crippen molar-refractivity contribution in [2.45, 2.75) is 45.6 Å². The largest absolute Gasteiger partial charge is 0.399 e. The number of hydrogen-bond acceptors (Lipinski definition) is 6. The fourth-order valence-corrected chi connectivity index (χ4v) is 5.76. The number of anilines is 2. The van der Waals surface area contributed by atoms with Gasteiger partial charge in [0.1, 0.15) is 27.3 Å². The van der Waals surface area contributed by atoms with Crippen molar-refractivity contribution in [1.29, 1.82) is 0 Å². The average Bonchev–Trinajstić information content (AvgIpc) is 2.70. The highest BCUT2D eigenvalue weighted by Crippen LogP contribution is 2.34. The number of aromatic nitrogens is 2. The van der Waals surface area contributed by atoms with E-state index in [-0.39, 0.29) is 29.3 Å². The van der Waals surface area contributed by atoms with Gasteiger partial charge in [0.25, 0.3) is 0 Å². The number of halogens is 1. The van der Waals surface area contributed by atoms with Gasteiger partial charge < -0.3 is 11.1 Å². The standard InChI is InChI=1S/C23H27FN4O2S/c1-13-10-18(25)12-19(22(13)24)14(2)26-23-20-11-17(4-5-21(20)27-15(3)28-23)16-6-8-31(29,30)9-7-16/h4-5,10-12,14,16H,6-9,25H2,1-3H3,(H,26,27,28)/t14-/m0/s1. The van der Waals surface area contributed by atoms with Gasteiger partial charge in [-0.3, -0.25) is 0 Å². The third kappa shape index (κ3) is 4.49. The zero-order chi connectivity index (χ0) is 22.3. The van der Waals surface area contributed by atoms with Crippen LogP contribution in [0.3, 0.4) is 0 Å². The number of benzene rings is 2. The monoisotopic (exact) mass is 442 g/mol. The van der Waals surface area contributed by atoms with Gasteiger partial charge in [-0.05, 0) is 74.9 Å². The van der Waals surface area contributed by atoms with Crippen LogP contribution < -0.4 is 11.1 Å². The maximum Gasteiger partial charge on any atom is 0.150 e. The Hall–Kier alpha value is -2.74. The number of nitrogens with one attached hydrogen (secondary N) is 1. The Morgan fingerprint density at radius 3 is 2.55 bits per heavy atom. The molecule has 2 aromatic carbocycles. The van der Waals surface area contributed by atoms with E-state index in [0.29, 0.717) is 41.3 Å². The van der Waals surface area contributed by atoms with Crippen molar-refractivity contribution in [3.05, 3.63) is 58.7 Å². The lowest BCUT2D eigenvalue weighted by atomic mass is 9.92. The molecule has 0 spiro atoms. The zero-order valence-electron chi connectivity index (χ0n) is 17.9. The molecule has 1 saturated heterocycles. The summed E-state index contributed by atoms with van der Waals surface area (Å²) >= 11 is 0. The van der Waals surface area contributed by atoms with Crippen LogP contribution in [0.15, 0.2) is 30.3 Å². The Morgan fingerprint density at radius 2 is 1.84 bits per heavy atom. The van der Waals surface area contributed by atoms with Crippen molar-refractivity contribution < 1.29 is 12.8 Å². The molecule has 164 valence electrons. The minimum atomic E-state index is -2.92. The van der Waals surface area contributed by atoms with Crippen LogP contribution >= 0.6 is 0 Å². The van der Waals surface area contributed by atoms with Crippen LogP contribution in [0.25, 0.3) is 10.9 Å². The van der Waals surface area contributed by atoms with E-state index in [4.69, 9.17) is 5.73 Å². The first-order chi connectivity index (χ1) is 14.6. The van der Waals surface area contributed by atoms with Gasteiger partial charge in [-0.15, -0.1) is 0 Å².